The van der Waals surface area contributed by atoms with Crippen molar-refractivity contribution in [1.29, 1.82) is 0 Å². The van der Waals surface area contributed by atoms with Crippen molar-refractivity contribution in [2.24, 2.45) is 0 Å². The van der Waals surface area contributed by atoms with Crippen molar-refractivity contribution in [1.82, 2.24) is 4.90 Å². The van der Waals surface area contributed by atoms with Crippen molar-refractivity contribution in [3.05, 3.63) is 0 Å². The molecule has 2 aliphatic heterocycles. The van der Waals surface area contributed by atoms with E-state index in [1.165, 1.54) is 0 Å². The van der Waals surface area contributed by atoms with Gasteiger partial charge in [-0.25, -0.2) is 0 Å². The predicted octanol–water partition coefficient (Wildman–Crippen LogP) is 2.01. The lowest BCUT2D eigenvalue weighted by Crippen LogP contribution is -2.42. The second-order valence-electron chi connectivity index (χ2n) is 5.90. The maximum Gasteiger partial charge on any atom is 0.337 e. The van der Waals surface area contributed by atoms with Crippen LogP contribution in [0.3, 0.4) is 0 Å². The molecule has 0 aromatic carbocycles. The monoisotopic (exact) mass is 317 g/mol. The average Bonchev–Trinajstić information content (AvgIpc) is 3.35. The Morgan fingerprint density at radius 3 is 1.90 bits per heavy atom. The topological polar surface area (TPSA) is 46.8 Å². The van der Waals surface area contributed by atoms with Gasteiger partial charge in [-0.1, -0.05) is 6.92 Å². The zero-order chi connectivity index (χ0) is 15.1. The van der Waals surface area contributed by atoms with Gasteiger partial charge in [-0.2, -0.15) is 0 Å². The highest BCUT2D eigenvalue weighted by Crippen LogP contribution is 2.22. The highest BCUT2D eigenvalue weighted by Gasteiger charge is 2.35. The van der Waals surface area contributed by atoms with E-state index in [1.54, 1.807) is 0 Å². The molecule has 0 aromatic heterocycles. The van der Waals surface area contributed by atoms with Crippen LogP contribution in [0.15, 0.2) is 0 Å². The van der Waals surface area contributed by atoms with Gasteiger partial charge in [0.15, 0.2) is 0 Å². The largest absolute Gasteiger partial charge is 0.394 e. The Labute approximate surface area is 130 Å². The summed E-state index contributed by atoms with van der Waals surface area (Å²) in [7, 11) is -1.97. The van der Waals surface area contributed by atoms with Crippen LogP contribution in [-0.4, -0.2) is 71.7 Å². The number of nitrogens with zero attached hydrogens (tertiary/aromatic N) is 1. The second-order valence-corrected chi connectivity index (χ2v) is 9.51. The van der Waals surface area contributed by atoms with E-state index in [1.807, 2.05) is 0 Å². The molecule has 2 heterocycles. The molecule has 124 valence electrons. The van der Waals surface area contributed by atoms with Gasteiger partial charge >= 0.3 is 8.56 Å². The van der Waals surface area contributed by atoms with Crippen LogP contribution in [0.1, 0.15) is 27.2 Å². The molecule has 0 amide bonds. The minimum atomic E-state index is -1.97. The molecule has 6 heteroatoms. The van der Waals surface area contributed by atoms with Crippen LogP contribution in [0.2, 0.25) is 12.1 Å². The first-order chi connectivity index (χ1) is 10.2. The predicted molar refractivity (Wildman–Crippen MR) is 84.8 cm³/mol. The van der Waals surface area contributed by atoms with Gasteiger partial charge in [-0.05, 0) is 38.9 Å². The quantitative estimate of drug-likeness (QED) is 0.384. The van der Waals surface area contributed by atoms with Crippen molar-refractivity contribution in [2.75, 3.05) is 46.1 Å². The molecule has 0 saturated carbocycles. The summed E-state index contributed by atoms with van der Waals surface area (Å²) >= 11 is 0. The average molecular weight is 318 g/mol. The Morgan fingerprint density at radius 2 is 1.52 bits per heavy atom. The lowest BCUT2D eigenvalue weighted by atomic mass is 10.3. The molecule has 0 N–H and O–H groups in total. The van der Waals surface area contributed by atoms with E-state index in [-0.39, 0.29) is 0 Å². The Kier molecular flexibility index (Phi) is 7.11. The lowest BCUT2D eigenvalue weighted by molar-refractivity contribution is 0.177. The smallest absolute Gasteiger partial charge is 0.337 e. The molecule has 0 aliphatic carbocycles. The summed E-state index contributed by atoms with van der Waals surface area (Å²) in [5.74, 6) is 0. The maximum atomic E-state index is 6.04. The molecule has 2 fully saturated rings. The van der Waals surface area contributed by atoms with Crippen LogP contribution in [0, 0.1) is 0 Å². The minimum Gasteiger partial charge on any atom is -0.394 e. The molecule has 0 radical (unpaired) electrons. The number of hydrogen-bond acceptors (Lipinski definition) is 5. The number of ether oxygens (including phenoxy) is 2. The summed E-state index contributed by atoms with van der Waals surface area (Å²) in [4.78, 5) is 2.49. The van der Waals surface area contributed by atoms with Gasteiger partial charge in [0.2, 0.25) is 0 Å². The fourth-order valence-electron chi connectivity index (χ4n) is 2.84. The summed E-state index contributed by atoms with van der Waals surface area (Å²) in [6.07, 6.45) is 2.05. The Balaban J connectivity index is 1.74. The van der Waals surface area contributed by atoms with Crippen LogP contribution in [-0.2, 0) is 18.3 Å². The highest BCUT2D eigenvalue weighted by atomic mass is 28.4. The molecular weight excluding hydrogens is 286 g/mol. The van der Waals surface area contributed by atoms with E-state index in [9.17, 15) is 0 Å². The third kappa shape index (κ3) is 6.34. The van der Waals surface area contributed by atoms with Gasteiger partial charge in [0.25, 0.3) is 0 Å². The summed E-state index contributed by atoms with van der Waals surface area (Å²) < 4.78 is 22.8. The van der Waals surface area contributed by atoms with Gasteiger partial charge in [0, 0.05) is 26.3 Å². The minimum absolute atomic E-state index is 0.454. The summed E-state index contributed by atoms with van der Waals surface area (Å²) in [5, 5.41) is 0. The molecule has 0 aromatic rings. The second kappa shape index (κ2) is 8.60. The molecule has 2 atom stereocenters. The fourth-order valence-corrected chi connectivity index (χ4v) is 5.73. The summed E-state index contributed by atoms with van der Waals surface area (Å²) in [6, 6.07) is 2.12. The van der Waals surface area contributed by atoms with Crippen molar-refractivity contribution < 1.29 is 18.3 Å². The van der Waals surface area contributed by atoms with Gasteiger partial charge in [0.1, 0.15) is 0 Å². The maximum absolute atomic E-state index is 6.04. The Morgan fingerprint density at radius 1 is 1.00 bits per heavy atom. The summed E-state index contributed by atoms with van der Waals surface area (Å²) in [5.41, 5.74) is 0. The molecule has 0 bridgehead atoms. The van der Waals surface area contributed by atoms with Crippen molar-refractivity contribution in [3.8, 4) is 0 Å². The van der Waals surface area contributed by atoms with Crippen LogP contribution in [0.4, 0.5) is 0 Å². The number of epoxide rings is 2. The molecule has 2 saturated heterocycles. The summed E-state index contributed by atoms with van der Waals surface area (Å²) in [6.45, 7) is 12.9. The molecule has 21 heavy (non-hydrogen) atoms. The van der Waals surface area contributed by atoms with Gasteiger partial charge in [-0.15, -0.1) is 0 Å². The fraction of sp³-hybridized carbons (Fsp3) is 1.00. The third-order valence-corrected chi connectivity index (χ3v) is 7.94. The first-order valence-corrected chi connectivity index (χ1v) is 10.7. The molecular formula is C15H31NO4Si. The SMILES string of the molecule is CCO[Si](CC)(CCCN(CC1CO1)CC1CO1)OCC. The number of rotatable bonds is 13. The van der Waals surface area contributed by atoms with Crippen LogP contribution in [0.5, 0.6) is 0 Å². The third-order valence-electron chi connectivity index (χ3n) is 4.11. The number of hydrogen-bond donors (Lipinski definition) is 0. The molecule has 2 unspecified atom stereocenters. The first-order valence-electron chi connectivity index (χ1n) is 8.44. The van der Waals surface area contributed by atoms with Crippen molar-refractivity contribution in [3.63, 3.8) is 0 Å². The van der Waals surface area contributed by atoms with Gasteiger partial charge in [-0.3, -0.25) is 4.90 Å². The standard InChI is InChI=1S/C15H31NO4Si/c1-4-19-21(6-3,20-5-2)9-7-8-16(10-14-12-17-14)11-15-13-18-15/h14-15H,4-13H2,1-3H3. The van der Waals surface area contributed by atoms with Gasteiger partial charge < -0.3 is 18.3 Å². The zero-order valence-electron chi connectivity index (χ0n) is 13.8. The molecule has 2 rings (SSSR count). The Hall–Kier alpha value is 0.0169. The van der Waals surface area contributed by atoms with E-state index >= 15 is 0 Å². The molecule has 2 aliphatic rings. The Bertz CT molecular complexity index is 277. The normalized spacial score (nSPS) is 24.6. The van der Waals surface area contributed by atoms with Crippen LogP contribution >= 0.6 is 0 Å². The van der Waals surface area contributed by atoms with Crippen LogP contribution < -0.4 is 0 Å². The van der Waals surface area contributed by atoms with Crippen LogP contribution in [0.25, 0.3) is 0 Å². The van der Waals surface area contributed by atoms with E-state index < -0.39 is 8.56 Å². The van der Waals surface area contributed by atoms with E-state index in [0.29, 0.717) is 12.2 Å². The van der Waals surface area contributed by atoms with E-state index in [4.69, 9.17) is 18.3 Å². The van der Waals surface area contributed by atoms with Gasteiger partial charge in [0.05, 0.1) is 25.4 Å². The van der Waals surface area contributed by atoms with Crippen molar-refractivity contribution in [2.45, 2.75) is 51.5 Å². The molecule has 0 spiro atoms. The van der Waals surface area contributed by atoms with E-state index in [2.05, 4.69) is 25.7 Å². The van der Waals surface area contributed by atoms with E-state index in [0.717, 1.165) is 64.6 Å². The first kappa shape index (κ1) is 17.4. The lowest BCUT2D eigenvalue weighted by Gasteiger charge is -2.30. The highest BCUT2D eigenvalue weighted by molar-refractivity contribution is 6.67. The zero-order valence-corrected chi connectivity index (χ0v) is 14.8. The molecule has 5 nitrogen and oxygen atoms in total. The van der Waals surface area contributed by atoms with Crippen molar-refractivity contribution >= 4 is 8.56 Å².